The molecule has 0 amide bonds. The Hall–Kier alpha value is -2.82. The first kappa shape index (κ1) is 15.6. The van der Waals surface area contributed by atoms with Crippen molar-refractivity contribution in [1.29, 1.82) is 0 Å². The van der Waals surface area contributed by atoms with Crippen LogP contribution in [0.25, 0.3) is 0 Å². The van der Waals surface area contributed by atoms with Gasteiger partial charge in [-0.15, -0.1) is 0 Å². The molecule has 0 saturated carbocycles. The lowest BCUT2D eigenvalue weighted by Gasteiger charge is -2.05. The van der Waals surface area contributed by atoms with E-state index in [1.54, 1.807) is 48.7 Å². The molecule has 0 unspecified atom stereocenters. The quantitative estimate of drug-likeness (QED) is 0.803. The van der Waals surface area contributed by atoms with Crippen LogP contribution in [-0.4, -0.2) is 29.0 Å². The van der Waals surface area contributed by atoms with E-state index in [1.165, 1.54) is 0 Å². The van der Waals surface area contributed by atoms with Gasteiger partial charge in [-0.25, -0.2) is 0 Å². The molecule has 0 aromatic heterocycles. The van der Waals surface area contributed by atoms with Crippen molar-refractivity contribution in [2.45, 2.75) is 13.3 Å². The van der Waals surface area contributed by atoms with E-state index in [0.29, 0.717) is 23.6 Å². The highest BCUT2D eigenvalue weighted by atomic mass is 16.5. The summed E-state index contributed by atoms with van der Waals surface area (Å²) in [5.74, 6) is -0.164. The number of hydrogen-bond acceptors (Lipinski definition) is 4. The summed E-state index contributed by atoms with van der Waals surface area (Å²) in [5.41, 5.74) is 1.98. The van der Waals surface area contributed by atoms with Gasteiger partial charge in [-0.05, 0) is 36.8 Å². The number of hydrogen-bond donors (Lipinski definition) is 2. The minimum absolute atomic E-state index is 0.0102. The second-order valence-electron chi connectivity index (χ2n) is 4.65. The number of phenols is 1. The van der Waals surface area contributed by atoms with Crippen LogP contribution >= 0.6 is 0 Å². The summed E-state index contributed by atoms with van der Waals surface area (Å²) in [6, 6.07) is 11.9. The van der Waals surface area contributed by atoms with E-state index in [-0.39, 0.29) is 12.2 Å². The molecule has 114 valence electrons. The van der Waals surface area contributed by atoms with Crippen LogP contribution in [0, 0.1) is 0 Å². The van der Waals surface area contributed by atoms with Crippen LogP contribution in [0.1, 0.15) is 18.1 Å². The van der Waals surface area contributed by atoms with Crippen LogP contribution in [0.2, 0.25) is 0 Å². The summed E-state index contributed by atoms with van der Waals surface area (Å²) in [7, 11) is 0. The van der Waals surface area contributed by atoms with Gasteiger partial charge < -0.3 is 14.9 Å². The molecular weight excluding hydrogens is 282 g/mol. The fourth-order valence-electron chi connectivity index (χ4n) is 1.91. The molecule has 0 spiro atoms. The van der Waals surface area contributed by atoms with Gasteiger partial charge in [0.2, 0.25) is 0 Å². The van der Waals surface area contributed by atoms with Gasteiger partial charge in [0.1, 0.15) is 11.5 Å². The molecule has 22 heavy (non-hydrogen) atoms. The Morgan fingerprint density at radius 3 is 2.55 bits per heavy atom. The molecule has 0 aliphatic carbocycles. The molecule has 0 atom stereocenters. The van der Waals surface area contributed by atoms with Crippen molar-refractivity contribution in [2.24, 2.45) is 4.99 Å². The predicted octanol–water partition coefficient (Wildman–Crippen LogP) is 3.17. The van der Waals surface area contributed by atoms with Crippen molar-refractivity contribution in [3.05, 3.63) is 53.6 Å². The van der Waals surface area contributed by atoms with Crippen molar-refractivity contribution in [3.8, 4) is 11.5 Å². The molecular formula is C17H17NO4. The molecule has 0 bridgehead atoms. The Labute approximate surface area is 128 Å². The number of ether oxygens (including phenoxy) is 1. The standard InChI is InChI=1S/C17H17NO4/c1-2-22-15-8-5-13(16(19)10-15)11-18-14-6-3-12(4-7-14)9-17(20)21/h3-8,10-11,19H,2,9H2,1H3,(H,20,21). The Morgan fingerprint density at radius 1 is 1.23 bits per heavy atom. The Morgan fingerprint density at radius 2 is 1.95 bits per heavy atom. The van der Waals surface area contributed by atoms with Crippen LogP contribution in [0.4, 0.5) is 5.69 Å². The molecule has 2 N–H and O–H groups in total. The van der Waals surface area contributed by atoms with E-state index in [1.807, 2.05) is 6.92 Å². The van der Waals surface area contributed by atoms with Gasteiger partial charge in [-0.1, -0.05) is 12.1 Å². The fourth-order valence-corrected chi connectivity index (χ4v) is 1.91. The third-order valence-electron chi connectivity index (χ3n) is 2.96. The molecule has 0 aliphatic rings. The van der Waals surface area contributed by atoms with Gasteiger partial charge in [-0.3, -0.25) is 9.79 Å². The van der Waals surface area contributed by atoms with Gasteiger partial charge in [0, 0.05) is 17.8 Å². The number of carbonyl (C=O) groups is 1. The molecule has 5 nitrogen and oxygen atoms in total. The number of carboxylic acids is 1. The van der Waals surface area contributed by atoms with Crippen LogP contribution in [0.15, 0.2) is 47.5 Å². The zero-order valence-electron chi connectivity index (χ0n) is 12.2. The number of rotatable bonds is 6. The summed E-state index contributed by atoms with van der Waals surface area (Å²) < 4.78 is 5.30. The Balaban J connectivity index is 2.09. The van der Waals surface area contributed by atoms with Crippen molar-refractivity contribution in [3.63, 3.8) is 0 Å². The van der Waals surface area contributed by atoms with E-state index in [4.69, 9.17) is 9.84 Å². The first-order chi connectivity index (χ1) is 10.6. The fraction of sp³-hybridized carbons (Fsp3) is 0.176. The zero-order chi connectivity index (χ0) is 15.9. The smallest absolute Gasteiger partial charge is 0.307 e. The number of phenolic OH excluding ortho intramolecular Hbond substituents is 1. The average Bonchev–Trinajstić information content (AvgIpc) is 2.48. The summed E-state index contributed by atoms with van der Waals surface area (Å²) in [4.78, 5) is 14.9. The van der Waals surface area contributed by atoms with Crippen molar-refractivity contribution in [1.82, 2.24) is 0 Å². The highest BCUT2D eigenvalue weighted by molar-refractivity contribution is 5.85. The Kier molecular flexibility index (Phi) is 5.14. The van der Waals surface area contributed by atoms with Gasteiger partial charge in [0.05, 0.1) is 18.7 Å². The Bertz CT molecular complexity index is 678. The largest absolute Gasteiger partial charge is 0.507 e. The number of carboxylic acid groups (broad SMARTS) is 1. The molecule has 0 aliphatic heterocycles. The lowest BCUT2D eigenvalue weighted by atomic mass is 10.1. The highest BCUT2D eigenvalue weighted by Gasteiger charge is 2.02. The van der Waals surface area contributed by atoms with Crippen LogP contribution in [0.3, 0.4) is 0 Å². The molecule has 0 saturated heterocycles. The molecule has 2 aromatic rings. The van der Waals surface area contributed by atoms with Gasteiger partial charge in [0.15, 0.2) is 0 Å². The molecule has 0 fully saturated rings. The van der Waals surface area contributed by atoms with E-state index in [9.17, 15) is 9.90 Å². The molecule has 2 aromatic carbocycles. The summed E-state index contributed by atoms with van der Waals surface area (Å²) in [6.07, 6.45) is 1.54. The number of aliphatic imine (C=N–C) groups is 1. The average molecular weight is 299 g/mol. The van der Waals surface area contributed by atoms with Crippen LogP contribution in [0.5, 0.6) is 11.5 Å². The first-order valence-corrected chi connectivity index (χ1v) is 6.89. The number of aliphatic carboxylic acids is 1. The predicted molar refractivity (Wildman–Crippen MR) is 84.3 cm³/mol. The zero-order valence-corrected chi connectivity index (χ0v) is 12.2. The van der Waals surface area contributed by atoms with E-state index in [2.05, 4.69) is 4.99 Å². The second kappa shape index (κ2) is 7.26. The van der Waals surface area contributed by atoms with Crippen molar-refractivity contribution < 1.29 is 19.7 Å². The first-order valence-electron chi connectivity index (χ1n) is 6.89. The molecule has 0 radical (unpaired) electrons. The van der Waals surface area contributed by atoms with E-state index >= 15 is 0 Å². The van der Waals surface area contributed by atoms with Crippen LogP contribution < -0.4 is 4.74 Å². The van der Waals surface area contributed by atoms with Gasteiger partial charge in [-0.2, -0.15) is 0 Å². The summed E-state index contributed by atoms with van der Waals surface area (Å²) in [5, 5.41) is 18.6. The SMILES string of the molecule is CCOc1ccc(C=Nc2ccc(CC(=O)O)cc2)c(O)c1. The van der Waals surface area contributed by atoms with E-state index in [0.717, 1.165) is 5.56 Å². The van der Waals surface area contributed by atoms with Gasteiger partial charge >= 0.3 is 5.97 Å². The number of benzene rings is 2. The maximum Gasteiger partial charge on any atom is 0.307 e. The lowest BCUT2D eigenvalue weighted by Crippen LogP contribution is -1.99. The maximum atomic E-state index is 10.6. The topological polar surface area (TPSA) is 79.1 Å². The van der Waals surface area contributed by atoms with E-state index < -0.39 is 5.97 Å². The summed E-state index contributed by atoms with van der Waals surface area (Å²) >= 11 is 0. The van der Waals surface area contributed by atoms with Crippen LogP contribution in [-0.2, 0) is 11.2 Å². The second-order valence-corrected chi connectivity index (χ2v) is 4.65. The minimum atomic E-state index is -0.865. The van der Waals surface area contributed by atoms with Gasteiger partial charge in [0.25, 0.3) is 0 Å². The normalized spacial score (nSPS) is 10.8. The summed E-state index contributed by atoms with van der Waals surface area (Å²) in [6.45, 7) is 2.41. The molecule has 5 heteroatoms. The number of nitrogens with zero attached hydrogens (tertiary/aromatic N) is 1. The highest BCUT2D eigenvalue weighted by Crippen LogP contribution is 2.23. The maximum absolute atomic E-state index is 10.6. The molecule has 2 rings (SSSR count). The number of aromatic hydroxyl groups is 1. The lowest BCUT2D eigenvalue weighted by molar-refractivity contribution is -0.136. The minimum Gasteiger partial charge on any atom is -0.507 e. The van der Waals surface area contributed by atoms with Crippen molar-refractivity contribution >= 4 is 17.9 Å². The third kappa shape index (κ3) is 4.34. The molecule has 0 heterocycles. The third-order valence-corrected chi connectivity index (χ3v) is 2.96. The van der Waals surface area contributed by atoms with Crippen molar-refractivity contribution in [2.75, 3.05) is 6.61 Å². The monoisotopic (exact) mass is 299 g/mol.